The Balaban J connectivity index is 2.43. The number of carbonyl (C=O) groups is 1. The number of nitrogens with zero attached hydrogens (tertiary/aromatic N) is 3. The summed E-state index contributed by atoms with van der Waals surface area (Å²) in [4.78, 5) is 11.6. The van der Waals surface area contributed by atoms with E-state index in [4.69, 9.17) is 10.5 Å². The van der Waals surface area contributed by atoms with E-state index in [1.165, 1.54) is 4.68 Å². The summed E-state index contributed by atoms with van der Waals surface area (Å²) in [5.74, 6) is -0.354. The van der Waals surface area contributed by atoms with Crippen LogP contribution in [0.1, 0.15) is 12.6 Å². The van der Waals surface area contributed by atoms with Crippen LogP contribution in [-0.4, -0.2) is 27.6 Å². The molecule has 0 atom stereocenters. The Kier molecular flexibility index (Phi) is 4.39. The number of hydrogen-bond acceptors (Lipinski definition) is 5. The van der Waals surface area contributed by atoms with Crippen molar-refractivity contribution in [2.45, 2.75) is 20.4 Å². The van der Waals surface area contributed by atoms with Crippen LogP contribution in [-0.2, 0) is 16.1 Å². The van der Waals surface area contributed by atoms with Gasteiger partial charge in [0.05, 0.1) is 18.0 Å². The van der Waals surface area contributed by atoms with Crippen molar-refractivity contribution in [1.82, 2.24) is 15.0 Å². The summed E-state index contributed by atoms with van der Waals surface area (Å²) in [6.07, 6.45) is 0. The van der Waals surface area contributed by atoms with Crippen LogP contribution >= 0.6 is 15.9 Å². The molecule has 0 fully saturated rings. The van der Waals surface area contributed by atoms with Gasteiger partial charge in [0.25, 0.3) is 0 Å². The number of halogens is 1. The lowest BCUT2D eigenvalue weighted by molar-refractivity contribution is -0.144. The Hall–Kier alpha value is -1.89. The lowest BCUT2D eigenvalue weighted by Crippen LogP contribution is -2.15. The minimum atomic E-state index is -0.354. The second-order valence-corrected chi connectivity index (χ2v) is 5.13. The van der Waals surface area contributed by atoms with Crippen LogP contribution in [0.2, 0.25) is 0 Å². The summed E-state index contributed by atoms with van der Waals surface area (Å²) >= 11 is 3.41. The summed E-state index contributed by atoms with van der Waals surface area (Å²) in [6.45, 7) is 3.93. The summed E-state index contributed by atoms with van der Waals surface area (Å²) in [6, 6.07) is 5.52. The third-order valence-electron chi connectivity index (χ3n) is 2.76. The molecule has 20 heavy (non-hydrogen) atoms. The van der Waals surface area contributed by atoms with E-state index in [0.29, 0.717) is 18.0 Å². The average Bonchev–Trinajstić information content (AvgIpc) is 2.74. The molecule has 0 bridgehead atoms. The van der Waals surface area contributed by atoms with Gasteiger partial charge in [0.15, 0.2) is 0 Å². The molecule has 0 spiro atoms. The number of nitrogen functional groups attached to an aromatic ring is 1. The molecule has 0 unspecified atom stereocenters. The van der Waals surface area contributed by atoms with Crippen molar-refractivity contribution in [3.8, 4) is 11.3 Å². The molecule has 6 nitrogen and oxygen atoms in total. The van der Waals surface area contributed by atoms with E-state index in [-0.39, 0.29) is 12.5 Å². The molecule has 1 aromatic heterocycles. The zero-order valence-corrected chi connectivity index (χ0v) is 12.8. The highest BCUT2D eigenvalue weighted by atomic mass is 79.9. The van der Waals surface area contributed by atoms with E-state index in [1.807, 2.05) is 19.1 Å². The van der Waals surface area contributed by atoms with Crippen LogP contribution < -0.4 is 5.73 Å². The first-order valence-corrected chi connectivity index (χ1v) is 6.93. The smallest absolute Gasteiger partial charge is 0.327 e. The number of aryl methyl sites for hydroxylation is 1. The van der Waals surface area contributed by atoms with Crippen LogP contribution in [0, 0.1) is 6.92 Å². The molecule has 0 aliphatic heterocycles. The molecule has 0 saturated heterocycles. The summed E-state index contributed by atoms with van der Waals surface area (Å²) in [7, 11) is 0. The second-order valence-electron chi connectivity index (χ2n) is 4.22. The Bertz CT molecular complexity index is 639. The van der Waals surface area contributed by atoms with Crippen molar-refractivity contribution in [3.05, 3.63) is 28.4 Å². The average molecular weight is 339 g/mol. The predicted octanol–water partition coefficient (Wildman–Crippen LogP) is 2.16. The molecular formula is C13H15BrN4O2. The highest BCUT2D eigenvalue weighted by molar-refractivity contribution is 9.10. The fraction of sp³-hybridized carbons (Fsp3) is 0.308. The van der Waals surface area contributed by atoms with Crippen molar-refractivity contribution < 1.29 is 9.53 Å². The molecular weight excluding hydrogens is 324 g/mol. The number of anilines is 1. The molecule has 1 heterocycles. The highest BCUT2D eigenvalue weighted by Gasteiger charge is 2.17. The van der Waals surface area contributed by atoms with Gasteiger partial charge < -0.3 is 10.5 Å². The van der Waals surface area contributed by atoms with Crippen molar-refractivity contribution in [2.75, 3.05) is 12.3 Å². The van der Waals surface area contributed by atoms with Crippen molar-refractivity contribution in [3.63, 3.8) is 0 Å². The lowest BCUT2D eigenvalue weighted by Gasteiger charge is -2.09. The van der Waals surface area contributed by atoms with Gasteiger partial charge >= 0.3 is 5.97 Å². The van der Waals surface area contributed by atoms with E-state index in [0.717, 1.165) is 15.7 Å². The minimum Gasteiger partial charge on any atom is -0.465 e. The first-order chi connectivity index (χ1) is 9.52. The first-order valence-electron chi connectivity index (χ1n) is 6.14. The summed E-state index contributed by atoms with van der Waals surface area (Å²) < 4.78 is 7.33. The fourth-order valence-electron chi connectivity index (χ4n) is 1.91. The Labute approximate surface area is 125 Å². The van der Waals surface area contributed by atoms with E-state index in [2.05, 4.69) is 26.2 Å². The molecule has 0 aliphatic carbocycles. The molecule has 2 N–H and O–H groups in total. The molecule has 0 aliphatic rings. The van der Waals surface area contributed by atoms with Gasteiger partial charge in [-0.15, -0.1) is 5.10 Å². The van der Waals surface area contributed by atoms with Crippen molar-refractivity contribution in [1.29, 1.82) is 0 Å². The van der Waals surface area contributed by atoms with Gasteiger partial charge in [-0.3, -0.25) is 4.79 Å². The second kappa shape index (κ2) is 6.04. The molecule has 0 amide bonds. The SMILES string of the molecule is CCOC(=O)Cn1nnc(C)c1-c1cc(Br)ccc1N. The Morgan fingerprint density at radius 2 is 2.25 bits per heavy atom. The van der Waals surface area contributed by atoms with Gasteiger partial charge in [-0.05, 0) is 32.0 Å². The molecule has 1 aromatic carbocycles. The van der Waals surface area contributed by atoms with Gasteiger partial charge in [0, 0.05) is 15.7 Å². The van der Waals surface area contributed by atoms with Crippen LogP contribution in [0.3, 0.4) is 0 Å². The van der Waals surface area contributed by atoms with E-state index < -0.39 is 0 Å². The van der Waals surface area contributed by atoms with E-state index >= 15 is 0 Å². The first kappa shape index (κ1) is 14.5. The number of aromatic nitrogens is 3. The maximum Gasteiger partial charge on any atom is 0.327 e. The van der Waals surface area contributed by atoms with Crippen molar-refractivity contribution >= 4 is 27.6 Å². The van der Waals surface area contributed by atoms with Gasteiger partial charge in [-0.1, -0.05) is 21.1 Å². The van der Waals surface area contributed by atoms with E-state index in [9.17, 15) is 4.79 Å². The number of ether oxygens (including phenoxy) is 1. The number of esters is 1. The quantitative estimate of drug-likeness (QED) is 0.682. The van der Waals surface area contributed by atoms with Gasteiger partial charge in [-0.25, -0.2) is 4.68 Å². The van der Waals surface area contributed by atoms with Gasteiger partial charge in [0.2, 0.25) is 0 Å². The van der Waals surface area contributed by atoms with Crippen LogP contribution in [0.5, 0.6) is 0 Å². The number of benzene rings is 1. The third kappa shape index (κ3) is 2.98. The zero-order chi connectivity index (χ0) is 14.7. The predicted molar refractivity (Wildman–Crippen MR) is 78.9 cm³/mol. The standard InChI is InChI=1S/C13H15BrN4O2/c1-3-20-12(19)7-18-13(8(2)16-17-18)10-6-9(14)4-5-11(10)15/h4-6H,3,7,15H2,1-2H3. The fourth-order valence-corrected chi connectivity index (χ4v) is 2.27. The topological polar surface area (TPSA) is 83.0 Å². The van der Waals surface area contributed by atoms with Crippen LogP contribution in [0.15, 0.2) is 22.7 Å². The number of carbonyl (C=O) groups excluding carboxylic acids is 1. The zero-order valence-electron chi connectivity index (χ0n) is 11.3. The molecule has 2 aromatic rings. The van der Waals surface area contributed by atoms with Gasteiger partial charge in [-0.2, -0.15) is 0 Å². The summed E-state index contributed by atoms with van der Waals surface area (Å²) in [5, 5.41) is 7.99. The molecule has 2 rings (SSSR count). The van der Waals surface area contributed by atoms with Gasteiger partial charge in [0.1, 0.15) is 6.54 Å². The molecule has 7 heteroatoms. The minimum absolute atomic E-state index is 0.00989. The maximum absolute atomic E-state index is 11.6. The monoisotopic (exact) mass is 338 g/mol. The lowest BCUT2D eigenvalue weighted by atomic mass is 10.1. The number of rotatable bonds is 4. The molecule has 0 radical (unpaired) electrons. The molecule has 106 valence electrons. The Morgan fingerprint density at radius 1 is 1.50 bits per heavy atom. The highest BCUT2D eigenvalue weighted by Crippen LogP contribution is 2.30. The normalized spacial score (nSPS) is 10.6. The van der Waals surface area contributed by atoms with Crippen LogP contribution in [0.25, 0.3) is 11.3 Å². The van der Waals surface area contributed by atoms with Crippen LogP contribution in [0.4, 0.5) is 5.69 Å². The summed E-state index contributed by atoms with van der Waals surface area (Å²) in [5.41, 5.74) is 8.81. The van der Waals surface area contributed by atoms with Crippen molar-refractivity contribution in [2.24, 2.45) is 0 Å². The maximum atomic E-state index is 11.6. The molecule has 0 saturated carbocycles. The third-order valence-corrected chi connectivity index (χ3v) is 3.25. The van der Waals surface area contributed by atoms with E-state index in [1.54, 1.807) is 13.0 Å². The largest absolute Gasteiger partial charge is 0.465 e. The Morgan fingerprint density at radius 3 is 2.95 bits per heavy atom. The number of hydrogen-bond donors (Lipinski definition) is 1. The number of nitrogens with two attached hydrogens (primary N) is 1.